The normalized spacial score (nSPS) is 13.9. The largest absolute Gasteiger partial charge is 0.472 e. The van der Waals surface area contributed by atoms with Crippen LogP contribution in [0.25, 0.3) is 0 Å². The molecule has 0 saturated heterocycles. The first-order valence-corrected chi connectivity index (χ1v) is 31.3. The maximum absolute atomic E-state index is 12.9. The summed E-state index contributed by atoms with van der Waals surface area (Å²) < 4.78 is 39.6. The maximum atomic E-state index is 12.9. The van der Waals surface area contributed by atoms with E-state index in [1.54, 1.807) is 0 Å². The van der Waals surface area contributed by atoms with Gasteiger partial charge in [-0.3, -0.25) is 23.4 Å². The van der Waals surface area contributed by atoms with Crippen molar-refractivity contribution in [2.75, 3.05) is 26.4 Å². The first-order valence-electron chi connectivity index (χ1n) is 29.8. The third kappa shape index (κ3) is 53.7. The topological polar surface area (TPSA) is 155 Å². The molecule has 11 nitrogen and oxygen atoms in total. The van der Waals surface area contributed by atoms with E-state index in [4.69, 9.17) is 23.3 Å². The fraction of sp³-hybridized carbons (Fsp3) is 0.758. The molecule has 0 heterocycles. The molecule has 2 N–H and O–H groups in total. The van der Waals surface area contributed by atoms with Crippen LogP contribution in [0.15, 0.2) is 72.9 Å². The van der Waals surface area contributed by atoms with Crippen LogP contribution in [0.2, 0.25) is 0 Å². The highest BCUT2D eigenvalue weighted by Gasteiger charge is 2.28. The summed E-state index contributed by atoms with van der Waals surface area (Å²) in [4.78, 5) is 48.6. The summed E-state index contributed by atoms with van der Waals surface area (Å²) in [5.41, 5.74) is 0. The van der Waals surface area contributed by atoms with Gasteiger partial charge in [-0.2, -0.15) is 0 Å². The van der Waals surface area contributed by atoms with Crippen LogP contribution >= 0.6 is 7.82 Å². The average molecular weight is 1060 g/mol. The molecular formula is C62H109O11P. The lowest BCUT2D eigenvalue weighted by molar-refractivity contribution is -0.161. The van der Waals surface area contributed by atoms with Crippen LogP contribution in [0, 0.1) is 0 Å². The molecule has 0 aromatic rings. The van der Waals surface area contributed by atoms with Gasteiger partial charge in [-0.25, -0.2) is 4.57 Å². The van der Waals surface area contributed by atoms with E-state index in [0.29, 0.717) is 19.3 Å². The standard InChI is InChI=1S/C62H109O11P/c1-4-7-10-13-16-19-22-25-28-29-32-35-38-41-44-47-50-53-62(66)73-59(55-69-60(64)51-48-45-42-39-36-33-30-26-23-20-17-14-11-8-5-2)57-71-74(67,68)70-56-58(54-63)72-61(65)52-49-46-43-40-37-34-31-27-24-21-18-15-12-9-6-3/h7-8,10-11,16-17,19-20,25-26,28,30,58-59,63H,4-6,9,12-15,18,21-24,27,29,31-57H2,1-3H3,(H,67,68)/b10-7-,11-8-,19-16-,20-17-,28-25-,30-26-. The lowest BCUT2D eigenvalue weighted by Gasteiger charge is -2.21. The number of carbonyl (C=O) groups is 3. The van der Waals surface area contributed by atoms with Gasteiger partial charge in [-0.1, -0.05) is 235 Å². The van der Waals surface area contributed by atoms with Gasteiger partial charge in [-0.15, -0.1) is 0 Å². The highest BCUT2D eigenvalue weighted by molar-refractivity contribution is 7.47. The predicted molar refractivity (Wildman–Crippen MR) is 307 cm³/mol. The van der Waals surface area contributed by atoms with Gasteiger partial charge in [-0.05, 0) is 83.5 Å². The maximum Gasteiger partial charge on any atom is 0.472 e. The summed E-state index contributed by atoms with van der Waals surface area (Å²) in [7, 11) is -4.76. The van der Waals surface area contributed by atoms with Crippen molar-refractivity contribution in [1.29, 1.82) is 0 Å². The zero-order valence-electron chi connectivity index (χ0n) is 47.3. The fourth-order valence-corrected chi connectivity index (χ4v) is 8.93. The van der Waals surface area contributed by atoms with Gasteiger partial charge >= 0.3 is 25.7 Å². The minimum Gasteiger partial charge on any atom is -0.462 e. The van der Waals surface area contributed by atoms with Gasteiger partial charge in [0.2, 0.25) is 0 Å². The average Bonchev–Trinajstić information content (AvgIpc) is 3.39. The first-order chi connectivity index (χ1) is 36.2. The number of aliphatic hydroxyl groups excluding tert-OH is 1. The van der Waals surface area contributed by atoms with Crippen molar-refractivity contribution in [3.05, 3.63) is 72.9 Å². The molecule has 74 heavy (non-hydrogen) atoms. The second kappa shape index (κ2) is 56.1. The zero-order valence-corrected chi connectivity index (χ0v) is 48.2. The highest BCUT2D eigenvalue weighted by atomic mass is 31.2. The molecule has 0 aliphatic carbocycles. The number of ether oxygens (including phenoxy) is 3. The van der Waals surface area contributed by atoms with Crippen molar-refractivity contribution in [1.82, 2.24) is 0 Å². The number of carbonyl (C=O) groups excluding carboxylic acids is 3. The Morgan fingerprint density at radius 2 is 0.703 bits per heavy atom. The second-order valence-corrected chi connectivity index (χ2v) is 21.2. The van der Waals surface area contributed by atoms with Crippen LogP contribution < -0.4 is 0 Å². The van der Waals surface area contributed by atoms with Crippen LogP contribution in [0.3, 0.4) is 0 Å². The Morgan fingerprint density at radius 1 is 0.392 bits per heavy atom. The number of hydrogen-bond acceptors (Lipinski definition) is 10. The number of allylic oxidation sites excluding steroid dienone is 12. The van der Waals surface area contributed by atoms with E-state index in [1.165, 1.54) is 77.0 Å². The quantitative estimate of drug-likeness (QED) is 0.0197. The molecule has 0 aromatic heterocycles. The summed E-state index contributed by atoms with van der Waals surface area (Å²) in [5, 5.41) is 9.83. The second-order valence-electron chi connectivity index (χ2n) is 19.8. The predicted octanol–water partition coefficient (Wildman–Crippen LogP) is 17.7. The Kier molecular flexibility index (Phi) is 53.8. The van der Waals surface area contributed by atoms with Gasteiger partial charge in [0, 0.05) is 19.3 Å². The number of phosphoric acid groups is 1. The molecule has 428 valence electrons. The van der Waals surface area contributed by atoms with E-state index < -0.39 is 57.8 Å². The molecule has 0 spiro atoms. The molecule has 0 rings (SSSR count). The Morgan fingerprint density at radius 3 is 1.08 bits per heavy atom. The smallest absolute Gasteiger partial charge is 0.462 e. The summed E-state index contributed by atoms with van der Waals surface area (Å²) in [6.07, 6.45) is 62.8. The minimum absolute atomic E-state index is 0.151. The van der Waals surface area contributed by atoms with Crippen molar-refractivity contribution < 1.29 is 52.2 Å². The number of esters is 3. The van der Waals surface area contributed by atoms with Crippen molar-refractivity contribution in [2.24, 2.45) is 0 Å². The number of aliphatic hydroxyl groups is 1. The van der Waals surface area contributed by atoms with Crippen LogP contribution in [0.5, 0.6) is 0 Å². The van der Waals surface area contributed by atoms with Gasteiger partial charge in [0.15, 0.2) is 6.10 Å². The van der Waals surface area contributed by atoms with Gasteiger partial charge in [0.1, 0.15) is 12.7 Å². The van der Waals surface area contributed by atoms with Crippen molar-refractivity contribution >= 4 is 25.7 Å². The molecule has 0 aliphatic heterocycles. The molecule has 3 unspecified atom stereocenters. The summed E-state index contributed by atoms with van der Waals surface area (Å²) >= 11 is 0. The third-order valence-electron chi connectivity index (χ3n) is 12.6. The van der Waals surface area contributed by atoms with E-state index in [0.717, 1.165) is 128 Å². The van der Waals surface area contributed by atoms with E-state index in [1.807, 2.05) is 0 Å². The van der Waals surface area contributed by atoms with Crippen molar-refractivity contribution in [3.63, 3.8) is 0 Å². The van der Waals surface area contributed by atoms with E-state index in [2.05, 4.69) is 93.7 Å². The van der Waals surface area contributed by atoms with E-state index in [-0.39, 0.29) is 25.9 Å². The lowest BCUT2D eigenvalue weighted by atomic mass is 10.0. The van der Waals surface area contributed by atoms with Crippen LogP contribution in [0.4, 0.5) is 0 Å². The SMILES string of the molecule is CC/C=C\C/C=C\C/C=C\CCCCCCCCCC(=O)OC(COC(=O)CCCCCCC/C=C\C/C=C\C/C=C\CC)COP(=O)(O)OCC(CO)OC(=O)CCCCCCCCCCCCCCCCC. The molecule has 12 heteroatoms. The minimum atomic E-state index is -4.76. The van der Waals surface area contributed by atoms with E-state index in [9.17, 15) is 28.9 Å². The summed E-state index contributed by atoms with van der Waals surface area (Å²) in [6.45, 7) is 4.42. The molecule has 0 aliphatic rings. The summed E-state index contributed by atoms with van der Waals surface area (Å²) in [5.74, 6) is -1.49. The van der Waals surface area contributed by atoms with Crippen molar-refractivity contribution in [2.45, 2.75) is 277 Å². The first kappa shape index (κ1) is 70.9. The number of phosphoric ester groups is 1. The van der Waals surface area contributed by atoms with E-state index >= 15 is 0 Å². The molecule has 0 amide bonds. The monoisotopic (exact) mass is 1060 g/mol. The molecule has 0 bridgehead atoms. The van der Waals surface area contributed by atoms with Crippen LogP contribution in [0.1, 0.15) is 265 Å². The number of unbranched alkanes of at least 4 members (excludes halogenated alkanes) is 26. The van der Waals surface area contributed by atoms with Gasteiger partial charge in [0.25, 0.3) is 0 Å². The molecule has 3 atom stereocenters. The molecule has 0 aromatic carbocycles. The van der Waals surface area contributed by atoms with Gasteiger partial charge in [0.05, 0.1) is 19.8 Å². The summed E-state index contributed by atoms with van der Waals surface area (Å²) in [6, 6.07) is 0. The fourth-order valence-electron chi connectivity index (χ4n) is 8.15. The zero-order chi connectivity index (χ0) is 54.1. The Labute approximate surface area is 452 Å². The van der Waals surface area contributed by atoms with Crippen LogP contribution in [-0.2, 0) is 42.2 Å². The number of hydrogen-bond donors (Lipinski definition) is 2. The highest BCUT2D eigenvalue weighted by Crippen LogP contribution is 2.43. The lowest BCUT2D eigenvalue weighted by Crippen LogP contribution is -2.30. The van der Waals surface area contributed by atoms with Crippen molar-refractivity contribution in [3.8, 4) is 0 Å². The molecule has 0 fully saturated rings. The Bertz CT molecular complexity index is 1520. The molecule has 0 radical (unpaired) electrons. The number of rotatable bonds is 55. The Balaban J connectivity index is 4.73. The van der Waals surface area contributed by atoms with Crippen LogP contribution in [-0.4, -0.2) is 66.5 Å². The van der Waals surface area contributed by atoms with Gasteiger partial charge < -0.3 is 24.2 Å². The molecule has 0 saturated carbocycles. The third-order valence-corrected chi connectivity index (χ3v) is 13.6. The molecular weight excluding hydrogens is 952 g/mol. The Hall–Kier alpha value is -3.08.